The molecule has 1 heterocycles. The third-order valence-corrected chi connectivity index (χ3v) is 4.69. The van der Waals surface area contributed by atoms with Gasteiger partial charge in [0, 0.05) is 17.2 Å². The zero-order valence-corrected chi connectivity index (χ0v) is 14.5. The number of nitrogens with one attached hydrogen (secondary N) is 1. The van der Waals surface area contributed by atoms with Gasteiger partial charge in [-0.2, -0.15) is 0 Å². The molecule has 2 aromatic carbocycles. The summed E-state index contributed by atoms with van der Waals surface area (Å²) in [6.45, 7) is 1.76. The first-order chi connectivity index (χ1) is 12.5. The first-order valence-corrected chi connectivity index (χ1v) is 8.54. The van der Waals surface area contributed by atoms with E-state index in [2.05, 4.69) is 10.2 Å². The molecular formula is C20H20F2N2O2. The van der Waals surface area contributed by atoms with E-state index in [0.717, 1.165) is 32.0 Å². The molecule has 6 heteroatoms. The van der Waals surface area contributed by atoms with Crippen molar-refractivity contribution in [3.8, 4) is 0 Å². The predicted octanol–water partition coefficient (Wildman–Crippen LogP) is 3.74. The van der Waals surface area contributed by atoms with Gasteiger partial charge in [-0.3, -0.25) is 9.59 Å². The number of rotatable bonds is 4. The maximum Gasteiger partial charge on any atom is 0.258 e. The predicted molar refractivity (Wildman–Crippen MR) is 95.3 cm³/mol. The van der Waals surface area contributed by atoms with Gasteiger partial charge in [0.2, 0.25) is 0 Å². The number of nitrogens with zero attached hydrogens (tertiary/aromatic N) is 1. The lowest BCUT2D eigenvalue weighted by Gasteiger charge is -2.28. The van der Waals surface area contributed by atoms with Crippen LogP contribution in [0.25, 0.3) is 0 Å². The first kappa shape index (κ1) is 18.2. The zero-order chi connectivity index (χ0) is 18.7. The molecule has 0 radical (unpaired) electrons. The Kier molecular flexibility index (Phi) is 5.42. The highest BCUT2D eigenvalue weighted by Gasteiger charge is 2.24. The number of hydrogen-bond acceptors (Lipinski definition) is 3. The van der Waals surface area contributed by atoms with E-state index in [1.54, 1.807) is 24.3 Å². The zero-order valence-electron chi connectivity index (χ0n) is 14.5. The second kappa shape index (κ2) is 7.74. The Hall–Kier alpha value is -2.60. The van der Waals surface area contributed by atoms with Gasteiger partial charge >= 0.3 is 0 Å². The fraction of sp³-hybridized carbons (Fsp3) is 0.300. The summed E-state index contributed by atoms with van der Waals surface area (Å²) in [4.78, 5) is 27.1. The number of halogens is 2. The minimum atomic E-state index is -1.19. The largest absolute Gasteiger partial charge is 0.322 e. The van der Waals surface area contributed by atoms with E-state index in [1.807, 2.05) is 7.05 Å². The van der Waals surface area contributed by atoms with E-state index in [4.69, 9.17) is 0 Å². The monoisotopic (exact) mass is 358 g/mol. The van der Waals surface area contributed by atoms with Crippen molar-refractivity contribution >= 4 is 17.4 Å². The Balaban J connectivity index is 1.74. The summed E-state index contributed by atoms with van der Waals surface area (Å²) in [5.41, 5.74) is 0.506. The minimum Gasteiger partial charge on any atom is -0.322 e. The normalized spacial score (nSPS) is 15.7. The number of piperidine rings is 1. The maximum atomic E-state index is 13.7. The van der Waals surface area contributed by atoms with Gasteiger partial charge in [0.25, 0.3) is 5.91 Å². The van der Waals surface area contributed by atoms with Gasteiger partial charge in [-0.15, -0.1) is 0 Å². The Bertz CT molecular complexity index is 830. The molecule has 3 rings (SSSR count). The average Bonchev–Trinajstić information content (AvgIpc) is 2.64. The highest BCUT2D eigenvalue weighted by atomic mass is 19.2. The lowest BCUT2D eigenvalue weighted by Crippen LogP contribution is -2.33. The van der Waals surface area contributed by atoms with Crippen molar-refractivity contribution in [2.45, 2.75) is 12.8 Å². The molecule has 0 unspecified atom stereocenters. The van der Waals surface area contributed by atoms with Crippen LogP contribution in [-0.2, 0) is 0 Å². The van der Waals surface area contributed by atoms with Crippen molar-refractivity contribution in [2.24, 2.45) is 5.92 Å². The molecule has 1 amide bonds. The number of likely N-dealkylation sites (tertiary alicyclic amines) is 1. The number of Topliss-reactive ketones (excluding diaryl/α,β-unsaturated/α-hetero) is 1. The molecule has 1 saturated heterocycles. The van der Waals surface area contributed by atoms with Crippen molar-refractivity contribution in [2.75, 3.05) is 25.5 Å². The molecule has 26 heavy (non-hydrogen) atoms. The summed E-state index contributed by atoms with van der Waals surface area (Å²) >= 11 is 0. The topological polar surface area (TPSA) is 49.4 Å². The molecule has 2 aromatic rings. The summed E-state index contributed by atoms with van der Waals surface area (Å²) in [5, 5.41) is 2.53. The molecular weight excluding hydrogens is 338 g/mol. The van der Waals surface area contributed by atoms with Gasteiger partial charge in [-0.1, -0.05) is 18.2 Å². The van der Waals surface area contributed by atoms with Gasteiger partial charge < -0.3 is 10.2 Å². The molecule has 0 saturated carbocycles. The number of amides is 1. The van der Waals surface area contributed by atoms with Crippen LogP contribution in [0.15, 0.2) is 42.5 Å². The number of benzene rings is 2. The molecule has 1 N–H and O–H groups in total. The van der Waals surface area contributed by atoms with E-state index in [0.29, 0.717) is 11.3 Å². The van der Waals surface area contributed by atoms with Crippen LogP contribution in [0, 0.1) is 17.6 Å². The van der Waals surface area contributed by atoms with Crippen LogP contribution in [-0.4, -0.2) is 36.7 Å². The molecule has 1 aliphatic heterocycles. The summed E-state index contributed by atoms with van der Waals surface area (Å²) in [6, 6.07) is 10.00. The third-order valence-electron chi connectivity index (χ3n) is 4.69. The van der Waals surface area contributed by atoms with Crippen molar-refractivity contribution in [3.05, 3.63) is 65.2 Å². The second-order valence-corrected chi connectivity index (χ2v) is 6.58. The van der Waals surface area contributed by atoms with E-state index < -0.39 is 17.5 Å². The summed E-state index contributed by atoms with van der Waals surface area (Å²) in [5.74, 6) is -3.01. The fourth-order valence-electron chi connectivity index (χ4n) is 3.13. The molecule has 136 valence electrons. The van der Waals surface area contributed by atoms with Gasteiger partial charge in [-0.25, -0.2) is 8.78 Å². The molecule has 1 fully saturated rings. The van der Waals surface area contributed by atoms with Crippen LogP contribution in [0.5, 0.6) is 0 Å². The number of anilines is 1. The Morgan fingerprint density at radius 1 is 1.08 bits per heavy atom. The smallest absolute Gasteiger partial charge is 0.258 e. The van der Waals surface area contributed by atoms with Crippen LogP contribution >= 0.6 is 0 Å². The molecule has 1 aliphatic rings. The van der Waals surface area contributed by atoms with Crippen LogP contribution in [0.4, 0.5) is 14.5 Å². The van der Waals surface area contributed by atoms with E-state index >= 15 is 0 Å². The maximum absolute atomic E-state index is 13.7. The van der Waals surface area contributed by atoms with E-state index in [1.165, 1.54) is 12.1 Å². The summed E-state index contributed by atoms with van der Waals surface area (Å²) in [7, 11) is 2.03. The highest BCUT2D eigenvalue weighted by molar-refractivity contribution is 6.05. The SMILES string of the molecule is CN1CCC(C(=O)c2cccc(NC(=O)c3cccc(F)c3F)c2)CC1. The minimum absolute atomic E-state index is 0.0298. The number of carbonyl (C=O) groups is 2. The van der Waals surface area contributed by atoms with Crippen LogP contribution in [0.1, 0.15) is 33.6 Å². The van der Waals surface area contributed by atoms with Crippen LogP contribution < -0.4 is 5.32 Å². The Labute approximate surface area is 150 Å². The molecule has 4 nitrogen and oxygen atoms in total. The lowest BCUT2D eigenvalue weighted by molar-refractivity contribution is 0.0856. The van der Waals surface area contributed by atoms with E-state index in [9.17, 15) is 18.4 Å². The summed E-state index contributed by atoms with van der Waals surface area (Å²) < 4.78 is 27.0. The Morgan fingerprint density at radius 2 is 1.77 bits per heavy atom. The van der Waals surface area contributed by atoms with Crippen molar-refractivity contribution in [1.82, 2.24) is 4.90 Å². The molecule has 0 aliphatic carbocycles. The standard InChI is InChI=1S/C20H20F2N2O2/c1-24-10-8-13(9-11-24)19(25)14-4-2-5-15(12-14)23-20(26)16-6-3-7-17(21)18(16)22/h2-7,12-13H,8-11H2,1H3,(H,23,26). The average molecular weight is 358 g/mol. The van der Waals surface area contributed by atoms with E-state index in [-0.39, 0.29) is 17.3 Å². The van der Waals surface area contributed by atoms with Gasteiger partial charge in [0.15, 0.2) is 17.4 Å². The molecule has 0 spiro atoms. The van der Waals surface area contributed by atoms with Gasteiger partial charge in [0.1, 0.15) is 0 Å². The second-order valence-electron chi connectivity index (χ2n) is 6.58. The summed E-state index contributed by atoms with van der Waals surface area (Å²) in [6.07, 6.45) is 1.61. The highest BCUT2D eigenvalue weighted by Crippen LogP contribution is 2.23. The molecule has 0 atom stereocenters. The quantitative estimate of drug-likeness (QED) is 0.847. The van der Waals surface area contributed by atoms with Crippen molar-refractivity contribution in [1.29, 1.82) is 0 Å². The number of carbonyl (C=O) groups excluding carboxylic acids is 2. The molecule has 0 aromatic heterocycles. The number of ketones is 1. The lowest BCUT2D eigenvalue weighted by atomic mass is 9.89. The number of hydrogen-bond donors (Lipinski definition) is 1. The van der Waals surface area contributed by atoms with Crippen molar-refractivity contribution < 1.29 is 18.4 Å². The Morgan fingerprint density at radius 3 is 2.50 bits per heavy atom. The fourth-order valence-corrected chi connectivity index (χ4v) is 3.13. The van der Waals surface area contributed by atoms with Crippen LogP contribution in [0.2, 0.25) is 0 Å². The van der Waals surface area contributed by atoms with Gasteiger partial charge in [0.05, 0.1) is 5.56 Å². The van der Waals surface area contributed by atoms with Gasteiger partial charge in [-0.05, 0) is 57.2 Å². The third kappa shape index (κ3) is 3.96. The molecule has 0 bridgehead atoms. The first-order valence-electron chi connectivity index (χ1n) is 8.54. The van der Waals surface area contributed by atoms with Crippen LogP contribution in [0.3, 0.4) is 0 Å². The van der Waals surface area contributed by atoms with Crippen molar-refractivity contribution in [3.63, 3.8) is 0 Å².